The Bertz CT molecular complexity index is 276. The van der Waals surface area contributed by atoms with Gasteiger partial charge in [0.15, 0.2) is 0 Å². The maximum absolute atomic E-state index is 11.1. The first-order valence-corrected chi connectivity index (χ1v) is 7.19. The first-order chi connectivity index (χ1) is 9.68. The summed E-state index contributed by atoms with van der Waals surface area (Å²) >= 11 is 0. The van der Waals surface area contributed by atoms with Crippen LogP contribution in [-0.4, -0.2) is 49.6 Å². The van der Waals surface area contributed by atoms with E-state index < -0.39 is 0 Å². The van der Waals surface area contributed by atoms with Crippen LogP contribution in [-0.2, 0) is 23.9 Å². The normalized spacial score (nSPS) is 9.71. The summed E-state index contributed by atoms with van der Waals surface area (Å²) < 4.78 is 9.93. The molecule has 0 aromatic carbocycles. The SMILES string of the molecule is CC(C)OC(=O)CCCCC(=O)OC(C)C.CN(C)C=O. The first-order valence-electron chi connectivity index (χ1n) is 7.19. The van der Waals surface area contributed by atoms with E-state index in [1.165, 1.54) is 4.90 Å². The van der Waals surface area contributed by atoms with Crippen LogP contribution in [0.1, 0.15) is 53.4 Å². The van der Waals surface area contributed by atoms with E-state index >= 15 is 0 Å². The van der Waals surface area contributed by atoms with Crippen LogP contribution >= 0.6 is 0 Å². The molecule has 0 fully saturated rings. The predicted molar refractivity (Wildman–Crippen MR) is 80.7 cm³/mol. The van der Waals surface area contributed by atoms with Crippen molar-refractivity contribution in [2.75, 3.05) is 14.1 Å². The van der Waals surface area contributed by atoms with Crippen LogP contribution < -0.4 is 0 Å². The zero-order chi connectivity index (χ0) is 16.8. The molecule has 0 aliphatic carbocycles. The van der Waals surface area contributed by atoms with Crippen LogP contribution in [0.5, 0.6) is 0 Å². The number of rotatable bonds is 8. The van der Waals surface area contributed by atoms with Gasteiger partial charge in [-0.15, -0.1) is 0 Å². The molecule has 0 atom stereocenters. The van der Waals surface area contributed by atoms with E-state index in [4.69, 9.17) is 9.47 Å². The van der Waals surface area contributed by atoms with Gasteiger partial charge >= 0.3 is 11.9 Å². The van der Waals surface area contributed by atoms with Crippen LogP contribution in [0.3, 0.4) is 0 Å². The Hall–Kier alpha value is -1.59. The number of amides is 1. The Kier molecular flexibility index (Phi) is 13.8. The molecule has 6 heteroatoms. The van der Waals surface area contributed by atoms with E-state index in [2.05, 4.69) is 0 Å². The van der Waals surface area contributed by atoms with Crippen molar-refractivity contribution in [1.29, 1.82) is 0 Å². The lowest BCUT2D eigenvalue weighted by molar-refractivity contribution is -0.149. The average Bonchev–Trinajstić information content (AvgIpc) is 2.33. The second kappa shape index (κ2) is 13.4. The predicted octanol–water partition coefficient (Wildman–Crippen LogP) is 2.15. The van der Waals surface area contributed by atoms with Gasteiger partial charge in [-0.1, -0.05) is 0 Å². The summed E-state index contributed by atoms with van der Waals surface area (Å²) in [6, 6.07) is 0. The minimum atomic E-state index is -0.202. The zero-order valence-electron chi connectivity index (χ0n) is 14.0. The van der Waals surface area contributed by atoms with E-state index in [1.807, 2.05) is 27.7 Å². The minimum absolute atomic E-state index is 0.0709. The summed E-state index contributed by atoms with van der Waals surface area (Å²) in [5.74, 6) is -0.403. The summed E-state index contributed by atoms with van der Waals surface area (Å²) in [5.41, 5.74) is 0. The molecule has 0 aromatic rings. The summed E-state index contributed by atoms with van der Waals surface area (Å²) in [6.07, 6.45) is 2.68. The fourth-order valence-electron chi connectivity index (χ4n) is 1.18. The molecule has 0 N–H and O–H groups in total. The topological polar surface area (TPSA) is 72.9 Å². The maximum atomic E-state index is 11.1. The first kappa shape index (κ1) is 21.7. The van der Waals surface area contributed by atoms with Crippen LogP contribution in [0.2, 0.25) is 0 Å². The zero-order valence-corrected chi connectivity index (χ0v) is 14.0. The summed E-state index contributed by atoms with van der Waals surface area (Å²) in [5, 5.41) is 0. The number of carbonyl (C=O) groups excluding carboxylic acids is 3. The highest BCUT2D eigenvalue weighted by molar-refractivity contribution is 5.70. The van der Waals surface area contributed by atoms with Gasteiger partial charge in [0, 0.05) is 26.9 Å². The van der Waals surface area contributed by atoms with Gasteiger partial charge < -0.3 is 14.4 Å². The molecule has 21 heavy (non-hydrogen) atoms. The van der Waals surface area contributed by atoms with Gasteiger partial charge in [-0.3, -0.25) is 14.4 Å². The number of nitrogens with zero attached hydrogens (tertiary/aromatic N) is 1. The van der Waals surface area contributed by atoms with Crippen molar-refractivity contribution in [3.05, 3.63) is 0 Å². The van der Waals surface area contributed by atoms with Crippen LogP contribution in [0.25, 0.3) is 0 Å². The third-order valence-corrected chi connectivity index (χ3v) is 1.96. The number of unbranched alkanes of at least 4 members (excludes halogenated alkanes) is 1. The Morgan fingerprint density at radius 1 is 0.905 bits per heavy atom. The van der Waals surface area contributed by atoms with E-state index in [9.17, 15) is 14.4 Å². The second-order valence-corrected chi connectivity index (χ2v) is 5.35. The molecule has 0 radical (unpaired) electrons. The molecule has 0 rings (SSSR count). The monoisotopic (exact) mass is 303 g/mol. The summed E-state index contributed by atoms with van der Waals surface area (Å²) in [4.78, 5) is 33.2. The van der Waals surface area contributed by atoms with Crippen LogP contribution in [0.15, 0.2) is 0 Å². The fourth-order valence-corrected chi connectivity index (χ4v) is 1.18. The lowest BCUT2D eigenvalue weighted by Crippen LogP contribution is -2.12. The standard InChI is InChI=1S/C12H22O4.C3H7NO/c1-9(2)15-11(13)7-5-6-8-12(14)16-10(3)4;1-4(2)3-5/h9-10H,5-8H2,1-4H3;3H,1-2H3. The van der Waals surface area contributed by atoms with E-state index in [0.717, 1.165) is 6.41 Å². The third-order valence-electron chi connectivity index (χ3n) is 1.96. The van der Waals surface area contributed by atoms with Crippen molar-refractivity contribution in [2.45, 2.75) is 65.6 Å². The van der Waals surface area contributed by atoms with Crippen molar-refractivity contribution in [3.63, 3.8) is 0 Å². The number of hydrogen-bond donors (Lipinski definition) is 0. The van der Waals surface area contributed by atoms with Gasteiger partial charge in [0.05, 0.1) is 12.2 Å². The molecule has 1 amide bonds. The molecule has 0 aromatic heterocycles. The number of esters is 2. The molecule has 124 valence electrons. The largest absolute Gasteiger partial charge is 0.463 e. The molecule has 0 saturated heterocycles. The summed E-state index contributed by atoms with van der Waals surface area (Å²) in [7, 11) is 3.38. The highest BCUT2D eigenvalue weighted by Gasteiger charge is 2.08. The molecule has 0 spiro atoms. The van der Waals surface area contributed by atoms with E-state index in [-0.39, 0.29) is 24.1 Å². The molecule has 0 heterocycles. The molecule has 0 aliphatic rings. The Morgan fingerprint density at radius 3 is 1.38 bits per heavy atom. The van der Waals surface area contributed by atoms with Gasteiger partial charge in [0.25, 0.3) is 0 Å². The van der Waals surface area contributed by atoms with E-state index in [1.54, 1.807) is 14.1 Å². The van der Waals surface area contributed by atoms with Gasteiger partial charge in [0.1, 0.15) is 0 Å². The van der Waals surface area contributed by atoms with Crippen molar-refractivity contribution in [2.24, 2.45) is 0 Å². The number of ether oxygens (including phenoxy) is 2. The second-order valence-electron chi connectivity index (χ2n) is 5.35. The highest BCUT2D eigenvalue weighted by Crippen LogP contribution is 2.05. The van der Waals surface area contributed by atoms with Crippen molar-refractivity contribution < 1.29 is 23.9 Å². The quantitative estimate of drug-likeness (QED) is 0.390. The Morgan fingerprint density at radius 2 is 1.19 bits per heavy atom. The van der Waals surface area contributed by atoms with E-state index in [0.29, 0.717) is 25.7 Å². The van der Waals surface area contributed by atoms with Crippen LogP contribution in [0, 0.1) is 0 Å². The molecule has 6 nitrogen and oxygen atoms in total. The third kappa shape index (κ3) is 20.9. The molecular weight excluding hydrogens is 274 g/mol. The van der Waals surface area contributed by atoms with Gasteiger partial charge in [-0.25, -0.2) is 0 Å². The minimum Gasteiger partial charge on any atom is -0.463 e. The molecule has 0 saturated carbocycles. The Balaban J connectivity index is 0. The summed E-state index contributed by atoms with van der Waals surface area (Å²) in [6.45, 7) is 7.27. The van der Waals surface area contributed by atoms with Crippen molar-refractivity contribution in [3.8, 4) is 0 Å². The maximum Gasteiger partial charge on any atom is 0.306 e. The highest BCUT2D eigenvalue weighted by atomic mass is 16.5. The number of hydrogen-bond acceptors (Lipinski definition) is 5. The van der Waals surface area contributed by atoms with Crippen molar-refractivity contribution in [1.82, 2.24) is 4.90 Å². The fraction of sp³-hybridized carbons (Fsp3) is 0.800. The molecule has 0 unspecified atom stereocenters. The molecule has 0 bridgehead atoms. The Labute approximate surface area is 127 Å². The van der Waals surface area contributed by atoms with Gasteiger partial charge in [0.2, 0.25) is 6.41 Å². The lowest BCUT2D eigenvalue weighted by Gasteiger charge is -2.08. The lowest BCUT2D eigenvalue weighted by atomic mass is 10.2. The molecular formula is C15H29NO5. The molecule has 0 aliphatic heterocycles. The van der Waals surface area contributed by atoms with Crippen LogP contribution in [0.4, 0.5) is 0 Å². The smallest absolute Gasteiger partial charge is 0.306 e. The van der Waals surface area contributed by atoms with Gasteiger partial charge in [-0.2, -0.15) is 0 Å². The number of carbonyl (C=O) groups is 3. The average molecular weight is 303 g/mol. The van der Waals surface area contributed by atoms with Crippen molar-refractivity contribution >= 4 is 18.3 Å². The van der Waals surface area contributed by atoms with Gasteiger partial charge in [-0.05, 0) is 40.5 Å².